The van der Waals surface area contributed by atoms with Crippen molar-refractivity contribution in [3.63, 3.8) is 0 Å². The summed E-state index contributed by atoms with van der Waals surface area (Å²) in [6.07, 6.45) is 0.836. The van der Waals surface area contributed by atoms with Crippen LogP contribution < -0.4 is 10.1 Å². The quantitative estimate of drug-likeness (QED) is 0.488. The van der Waals surface area contributed by atoms with Gasteiger partial charge in [-0.25, -0.2) is 9.59 Å². The van der Waals surface area contributed by atoms with Crippen LogP contribution in [0.2, 0.25) is 15.1 Å². The molecule has 11 heteroatoms. The highest BCUT2D eigenvalue weighted by molar-refractivity contribution is 6.43. The molecule has 1 saturated heterocycles. The molecule has 1 N–H and O–H groups in total. The predicted molar refractivity (Wildman–Crippen MR) is 108 cm³/mol. The molecule has 1 fully saturated rings. The van der Waals surface area contributed by atoms with Gasteiger partial charge in [0.25, 0.3) is 5.91 Å². The van der Waals surface area contributed by atoms with Crippen LogP contribution in [0.15, 0.2) is 12.1 Å². The summed E-state index contributed by atoms with van der Waals surface area (Å²) in [6, 6.07) is 2.68. The zero-order valence-electron chi connectivity index (χ0n) is 15.7. The molecular weight excluding hydrogens is 447 g/mol. The number of hydrogen-bond donors (Lipinski definition) is 1. The Balaban J connectivity index is 1.67. The van der Waals surface area contributed by atoms with Crippen LogP contribution >= 0.6 is 34.8 Å². The Morgan fingerprint density at radius 3 is 2.34 bits per heavy atom. The highest BCUT2D eigenvalue weighted by Crippen LogP contribution is 2.33. The van der Waals surface area contributed by atoms with Gasteiger partial charge in [-0.05, 0) is 25.8 Å². The molecule has 0 bridgehead atoms. The van der Waals surface area contributed by atoms with E-state index in [1.54, 1.807) is 11.8 Å². The van der Waals surface area contributed by atoms with Crippen LogP contribution in [-0.4, -0.2) is 61.8 Å². The largest absolute Gasteiger partial charge is 0.480 e. The third-order valence-corrected chi connectivity index (χ3v) is 5.09. The molecule has 8 nitrogen and oxygen atoms in total. The number of amides is 2. The number of carbonyl (C=O) groups is 3. The van der Waals surface area contributed by atoms with Crippen LogP contribution in [-0.2, 0) is 19.1 Å². The number of likely N-dealkylation sites (tertiary alicyclic amines) is 1. The molecule has 0 aliphatic carbocycles. The van der Waals surface area contributed by atoms with Gasteiger partial charge < -0.3 is 24.4 Å². The summed E-state index contributed by atoms with van der Waals surface area (Å²) < 4.78 is 15.1. The van der Waals surface area contributed by atoms with Crippen LogP contribution in [0.5, 0.6) is 5.75 Å². The van der Waals surface area contributed by atoms with Crippen molar-refractivity contribution in [2.75, 3.05) is 32.9 Å². The van der Waals surface area contributed by atoms with Gasteiger partial charge in [-0.2, -0.15) is 0 Å². The minimum absolute atomic E-state index is 0.0989. The lowest BCUT2D eigenvalue weighted by Gasteiger charge is -2.31. The predicted octanol–water partition coefficient (Wildman–Crippen LogP) is 3.31. The molecule has 0 unspecified atom stereocenters. The lowest BCUT2D eigenvalue weighted by molar-refractivity contribution is -0.150. The molecule has 0 atom stereocenters. The van der Waals surface area contributed by atoms with E-state index in [4.69, 9.17) is 49.0 Å². The van der Waals surface area contributed by atoms with Gasteiger partial charge in [-0.15, -0.1) is 0 Å². The summed E-state index contributed by atoms with van der Waals surface area (Å²) in [4.78, 5) is 37.0. The molecule has 0 spiro atoms. The fraction of sp³-hybridized carbons (Fsp3) is 0.500. The smallest absolute Gasteiger partial charge is 0.409 e. The van der Waals surface area contributed by atoms with Crippen LogP contribution in [0.3, 0.4) is 0 Å². The SMILES string of the molecule is CCOC(=O)N1CCC(NC(=O)COC(=O)COc2cc(Cl)c(Cl)cc2Cl)CC1. The number of halogens is 3. The first kappa shape index (κ1) is 23.4. The fourth-order valence-corrected chi connectivity index (χ4v) is 3.22. The molecule has 1 aromatic carbocycles. The summed E-state index contributed by atoms with van der Waals surface area (Å²) >= 11 is 17.6. The maximum absolute atomic E-state index is 12.0. The first-order valence-electron chi connectivity index (χ1n) is 8.94. The Bertz CT molecular complexity index is 753. The number of nitrogens with zero attached hydrogens (tertiary/aromatic N) is 1. The molecule has 1 aromatic rings. The van der Waals surface area contributed by atoms with Gasteiger partial charge in [-0.1, -0.05) is 34.8 Å². The molecule has 2 rings (SSSR count). The van der Waals surface area contributed by atoms with Crippen LogP contribution in [0.1, 0.15) is 19.8 Å². The second kappa shape index (κ2) is 11.3. The van der Waals surface area contributed by atoms with Crippen LogP contribution in [0.4, 0.5) is 4.79 Å². The first-order chi connectivity index (χ1) is 13.8. The maximum atomic E-state index is 12.0. The zero-order valence-corrected chi connectivity index (χ0v) is 18.0. The second-order valence-corrected chi connectivity index (χ2v) is 7.40. The van der Waals surface area contributed by atoms with Crippen molar-refractivity contribution in [3.8, 4) is 5.75 Å². The minimum Gasteiger partial charge on any atom is -0.480 e. The highest BCUT2D eigenvalue weighted by Gasteiger charge is 2.24. The van der Waals surface area contributed by atoms with Crippen LogP contribution in [0, 0.1) is 0 Å². The van der Waals surface area contributed by atoms with Crippen molar-refractivity contribution in [3.05, 3.63) is 27.2 Å². The third kappa shape index (κ3) is 7.45. The third-order valence-electron chi connectivity index (χ3n) is 4.07. The van der Waals surface area contributed by atoms with E-state index in [1.165, 1.54) is 12.1 Å². The number of ether oxygens (including phenoxy) is 3. The van der Waals surface area contributed by atoms with Gasteiger partial charge in [-0.3, -0.25) is 4.79 Å². The molecular formula is C18H21Cl3N2O6. The van der Waals surface area contributed by atoms with Crippen molar-refractivity contribution in [2.45, 2.75) is 25.8 Å². The molecule has 0 radical (unpaired) electrons. The van der Waals surface area contributed by atoms with E-state index < -0.39 is 25.1 Å². The number of nitrogens with one attached hydrogen (secondary N) is 1. The minimum atomic E-state index is -0.737. The van der Waals surface area contributed by atoms with Gasteiger partial charge in [0.1, 0.15) is 5.75 Å². The lowest BCUT2D eigenvalue weighted by Crippen LogP contribution is -2.47. The van der Waals surface area contributed by atoms with E-state index in [2.05, 4.69) is 5.32 Å². The normalized spacial score (nSPS) is 14.3. The number of hydrogen-bond acceptors (Lipinski definition) is 6. The number of piperidine rings is 1. The van der Waals surface area contributed by atoms with Crippen molar-refractivity contribution in [2.24, 2.45) is 0 Å². The van der Waals surface area contributed by atoms with Gasteiger partial charge in [0.15, 0.2) is 13.2 Å². The van der Waals surface area contributed by atoms with Crippen LogP contribution in [0.25, 0.3) is 0 Å². The second-order valence-electron chi connectivity index (χ2n) is 6.17. The van der Waals surface area contributed by atoms with Gasteiger partial charge in [0.05, 0.1) is 21.7 Å². The number of benzene rings is 1. The summed E-state index contributed by atoms with van der Waals surface area (Å²) in [5.41, 5.74) is 0. The van der Waals surface area contributed by atoms with Crippen molar-refractivity contribution < 1.29 is 28.6 Å². The van der Waals surface area contributed by atoms with E-state index in [1.807, 2.05) is 0 Å². The van der Waals surface area contributed by atoms with Crippen molar-refractivity contribution in [1.29, 1.82) is 0 Å². The molecule has 0 aromatic heterocycles. The molecule has 1 heterocycles. The summed E-state index contributed by atoms with van der Waals surface area (Å²) in [5.74, 6) is -0.990. The fourth-order valence-electron chi connectivity index (χ4n) is 2.63. The van der Waals surface area contributed by atoms with Crippen molar-refractivity contribution in [1.82, 2.24) is 10.2 Å². The lowest BCUT2D eigenvalue weighted by atomic mass is 10.1. The van der Waals surface area contributed by atoms with E-state index >= 15 is 0 Å². The Morgan fingerprint density at radius 2 is 1.69 bits per heavy atom. The Morgan fingerprint density at radius 1 is 1.03 bits per heavy atom. The maximum Gasteiger partial charge on any atom is 0.409 e. The molecule has 2 amide bonds. The standard InChI is InChI=1S/C18H21Cl3N2O6/c1-2-27-18(26)23-5-3-11(4-6-23)22-16(24)9-29-17(25)10-28-15-8-13(20)12(19)7-14(15)21/h7-8,11H,2-6,9-10H2,1H3,(H,22,24). The summed E-state index contributed by atoms with van der Waals surface area (Å²) in [7, 11) is 0. The highest BCUT2D eigenvalue weighted by atomic mass is 35.5. The van der Waals surface area contributed by atoms with E-state index in [0.717, 1.165) is 0 Å². The number of esters is 1. The van der Waals surface area contributed by atoms with Gasteiger partial charge >= 0.3 is 12.1 Å². The molecule has 0 saturated carbocycles. The monoisotopic (exact) mass is 466 g/mol. The first-order valence-corrected chi connectivity index (χ1v) is 10.1. The Kier molecular flexibility index (Phi) is 9.13. The number of carbonyl (C=O) groups excluding carboxylic acids is 3. The molecule has 29 heavy (non-hydrogen) atoms. The van der Waals surface area contributed by atoms with E-state index in [9.17, 15) is 14.4 Å². The summed E-state index contributed by atoms with van der Waals surface area (Å²) in [6.45, 7) is 2.17. The van der Waals surface area contributed by atoms with E-state index in [-0.39, 0.29) is 33.0 Å². The average molecular weight is 468 g/mol. The zero-order chi connectivity index (χ0) is 21.4. The topological polar surface area (TPSA) is 94.2 Å². The number of rotatable bonds is 7. The molecule has 1 aliphatic heterocycles. The Labute approximate surface area is 183 Å². The average Bonchev–Trinajstić information content (AvgIpc) is 2.69. The molecule has 160 valence electrons. The summed E-state index contributed by atoms with van der Waals surface area (Å²) in [5, 5.41) is 3.46. The van der Waals surface area contributed by atoms with Gasteiger partial charge in [0, 0.05) is 25.2 Å². The molecule has 1 aliphatic rings. The van der Waals surface area contributed by atoms with Gasteiger partial charge in [0.2, 0.25) is 0 Å². The Hall–Kier alpha value is -1.90. The van der Waals surface area contributed by atoms with Crippen molar-refractivity contribution >= 4 is 52.8 Å². The van der Waals surface area contributed by atoms with E-state index in [0.29, 0.717) is 32.5 Å².